The second-order valence-electron chi connectivity index (χ2n) is 7.51. The molecule has 1 amide bonds. The number of hydrogen-bond donors (Lipinski definition) is 0. The van der Waals surface area contributed by atoms with Gasteiger partial charge in [-0.15, -0.1) is 0 Å². The van der Waals surface area contributed by atoms with E-state index in [1.54, 1.807) is 15.5 Å². The number of benzene rings is 2. The standard InChI is InChI=1S/C25H28N4O2S/c1-2-3-4-10-17-29-24(31)21-14-8-9-15-22(21)27-25(29)32-19-23(30)28(18-11-16-26)20-12-6-5-7-13-20/h5-9,12-15H,2-4,10-11,17-19H2,1H3. The van der Waals surface area contributed by atoms with Gasteiger partial charge in [0.1, 0.15) is 0 Å². The molecule has 0 radical (unpaired) electrons. The maximum Gasteiger partial charge on any atom is 0.262 e. The van der Waals surface area contributed by atoms with E-state index in [1.807, 2.05) is 48.5 Å². The van der Waals surface area contributed by atoms with Gasteiger partial charge in [-0.2, -0.15) is 5.26 Å². The Kier molecular flexibility index (Phi) is 8.88. The maximum absolute atomic E-state index is 13.1. The number of anilines is 1. The summed E-state index contributed by atoms with van der Waals surface area (Å²) in [5.41, 5.74) is 1.34. The maximum atomic E-state index is 13.1. The van der Waals surface area contributed by atoms with E-state index in [9.17, 15) is 9.59 Å². The van der Waals surface area contributed by atoms with Crippen molar-refractivity contribution in [2.45, 2.75) is 50.7 Å². The Morgan fingerprint density at radius 3 is 2.59 bits per heavy atom. The molecule has 1 heterocycles. The number of unbranched alkanes of at least 4 members (excludes halogenated alkanes) is 3. The Bertz CT molecular complexity index is 1140. The molecule has 0 saturated heterocycles. The zero-order chi connectivity index (χ0) is 22.8. The van der Waals surface area contributed by atoms with E-state index < -0.39 is 0 Å². The molecule has 7 heteroatoms. The molecule has 0 bridgehead atoms. The molecule has 1 aromatic heterocycles. The molecule has 0 N–H and O–H groups in total. The zero-order valence-corrected chi connectivity index (χ0v) is 19.2. The highest BCUT2D eigenvalue weighted by atomic mass is 32.2. The lowest BCUT2D eigenvalue weighted by Gasteiger charge is -2.22. The first-order valence-electron chi connectivity index (χ1n) is 11.0. The third kappa shape index (κ3) is 5.98. The van der Waals surface area contributed by atoms with E-state index in [0.29, 0.717) is 29.1 Å². The first kappa shape index (κ1) is 23.6. The van der Waals surface area contributed by atoms with Crippen molar-refractivity contribution in [3.63, 3.8) is 0 Å². The molecule has 6 nitrogen and oxygen atoms in total. The molecule has 0 saturated carbocycles. The molecule has 166 valence electrons. The van der Waals surface area contributed by atoms with Gasteiger partial charge < -0.3 is 4.90 Å². The molecule has 3 rings (SSSR count). The molecule has 0 aliphatic heterocycles. The van der Waals surface area contributed by atoms with Gasteiger partial charge in [-0.25, -0.2) is 4.98 Å². The normalized spacial score (nSPS) is 10.8. The molecular formula is C25H28N4O2S. The van der Waals surface area contributed by atoms with E-state index in [1.165, 1.54) is 11.8 Å². The number of fused-ring (bicyclic) bond motifs is 1. The summed E-state index contributed by atoms with van der Waals surface area (Å²) in [7, 11) is 0. The highest BCUT2D eigenvalue weighted by Gasteiger charge is 2.18. The number of thioether (sulfide) groups is 1. The number of amides is 1. The third-order valence-corrected chi connectivity index (χ3v) is 6.16. The van der Waals surface area contributed by atoms with Gasteiger partial charge in [-0.3, -0.25) is 14.2 Å². The summed E-state index contributed by atoms with van der Waals surface area (Å²) in [5, 5.41) is 10.2. The number of para-hydroxylation sites is 2. The van der Waals surface area contributed by atoms with Crippen LogP contribution in [0.1, 0.15) is 39.0 Å². The second-order valence-corrected chi connectivity index (χ2v) is 8.45. The van der Waals surface area contributed by atoms with E-state index >= 15 is 0 Å². The van der Waals surface area contributed by atoms with Crippen molar-refractivity contribution in [2.75, 3.05) is 17.2 Å². The van der Waals surface area contributed by atoms with Crippen molar-refractivity contribution in [2.24, 2.45) is 0 Å². The Morgan fingerprint density at radius 2 is 1.84 bits per heavy atom. The third-order valence-electron chi connectivity index (χ3n) is 5.20. The van der Waals surface area contributed by atoms with Crippen molar-refractivity contribution in [3.05, 3.63) is 65.0 Å². The van der Waals surface area contributed by atoms with Crippen LogP contribution >= 0.6 is 11.8 Å². The van der Waals surface area contributed by atoms with Crippen LogP contribution in [-0.2, 0) is 11.3 Å². The summed E-state index contributed by atoms with van der Waals surface area (Å²) in [6.07, 6.45) is 4.45. The number of rotatable bonds is 11. The van der Waals surface area contributed by atoms with Gasteiger partial charge in [-0.1, -0.05) is 68.3 Å². The van der Waals surface area contributed by atoms with Gasteiger partial charge in [0.25, 0.3) is 5.56 Å². The second kappa shape index (κ2) is 12.1. The van der Waals surface area contributed by atoms with Crippen molar-refractivity contribution < 1.29 is 4.79 Å². The van der Waals surface area contributed by atoms with Crippen molar-refractivity contribution in [1.82, 2.24) is 9.55 Å². The lowest BCUT2D eigenvalue weighted by Crippen LogP contribution is -2.33. The number of nitriles is 1. The predicted octanol–water partition coefficient (Wildman–Crippen LogP) is 5.02. The molecule has 32 heavy (non-hydrogen) atoms. The largest absolute Gasteiger partial charge is 0.311 e. The Labute approximate surface area is 192 Å². The minimum absolute atomic E-state index is 0.0635. The van der Waals surface area contributed by atoms with Crippen molar-refractivity contribution in [1.29, 1.82) is 5.26 Å². The summed E-state index contributed by atoms with van der Waals surface area (Å²) < 4.78 is 1.71. The molecule has 2 aromatic carbocycles. The first-order valence-corrected chi connectivity index (χ1v) is 12.0. The van der Waals surface area contributed by atoms with E-state index in [0.717, 1.165) is 31.4 Å². The molecule has 0 fully saturated rings. The number of nitrogens with zero attached hydrogens (tertiary/aromatic N) is 4. The first-order chi connectivity index (χ1) is 15.7. The Hall–Kier alpha value is -3.11. The number of carbonyl (C=O) groups is 1. The topological polar surface area (TPSA) is 79.0 Å². The highest BCUT2D eigenvalue weighted by molar-refractivity contribution is 7.99. The van der Waals surface area contributed by atoms with Crippen LogP contribution in [-0.4, -0.2) is 27.8 Å². The van der Waals surface area contributed by atoms with E-state index in [2.05, 4.69) is 13.0 Å². The van der Waals surface area contributed by atoms with Crippen LogP contribution in [0.5, 0.6) is 0 Å². The van der Waals surface area contributed by atoms with Gasteiger partial charge in [0.15, 0.2) is 5.16 Å². The van der Waals surface area contributed by atoms with Crippen LogP contribution < -0.4 is 10.5 Å². The summed E-state index contributed by atoms with van der Waals surface area (Å²) in [5.74, 6) is 0.0245. The van der Waals surface area contributed by atoms with Gasteiger partial charge >= 0.3 is 0 Å². The van der Waals surface area contributed by atoms with Crippen LogP contribution in [0.25, 0.3) is 10.9 Å². The van der Waals surface area contributed by atoms with E-state index in [4.69, 9.17) is 10.2 Å². The van der Waals surface area contributed by atoms with Crippen LogP contribution in [0.2, 0.25) is 0 Å². The molecule has 3 aromatic rings. The van der Waals surface area contributed by atoms with Crippen LogP contribution in [0.15, 0.2) is 64.5 Å². The lowest BCUT2D eigenvalue weighted by atomic mass is 10.2. The number of carbonyl (C=O) groups excluding carboxylic acids is 1. The lowest BCUT2D eigenvalue weighted by molar-refractivity contribution is -0.116. The average Bonchev–Trinajstić information content (AvgIpc) is 2.82. The molecule has 0 aliphatic rings. The fraction of sp³-hybridized carbons (Fsp3) is 0.360. The monoisotopic (exact) mass is 448 g/mol. The van der Waals surface area contributed by atoms with E-state index in [-0.39, 0.29) is 23.6 Å². The fourth-order valence-electron chi connectivity index (χ4n) is 3.52. The Balaban J connectivity index is 1.83. The predicted molar refractivity (Wildman–Crippen MR) is 130 cm³/mol. The minimum atomic E-state index is -0.114. The fourth-order valence-corrected chi connectivity index (χ4v) is 4.42. The zero-order valence-electron chi connectivity index (χ0n) is 18.4. The van der Waals surface area contributed by atoms with Gasteiger partial charge in [-0.05, 0) is 30.7 Å². The van der Waals surface area contributed by atoms with Crippen molar-refractivity contribution >= 4 is 34.3 Å². The molecule has 0 spiro atoms. The van der Waals surface area contributed by atoms with Gasteiger partial charge in [0.05, 0.1) is 29.1 Å². The number of hydrogen-bond acceptors (Lipinski definition) is 5. The van der Waals surface area contributed by atoms with Crippen LogP contribution in [0, 0.1) is 11.3 Å². The summed E-state index contributed by atoms with van der Waals surface area (Å²) >= 11 is 1.28. The van der Waals surface area contributed by atoms with Gasteiger partial charge in [0, 0.05) is 18.8 Å². The SMILES string of the molecule is CCCCCCn1c(SCC(=O)N(CCC#N)c2ccccc2)nc2ccccc2c1=O. The molecule has 0 aliphatic carbocycles. The summed E-state index contributed by atoms with van der Waals surface area (Å²) in [6, 6.07) is 18.8. The van der Waals surface area contributed by atoms with Crippen LogP contribution in [0.4, 0.5) is 5.69 Å². The smallest absolute Gasteiger partial charge is 0.262 e. The quantitative estimate of drug-likeness (QED) is 0.234. The van der Waals surface area contributed by atoms with Crippen LogP contribution in [0.3, 0.4) is 0 Å². The summed E-state index contributed by atoms with van der Waals surface area (Å²) in [4.78, 5) is 32.5. The number of aromatic nitrogens is 2. The Morgan fingerprint density at radius 1 is 1.09 bits per heavy atom. The molecule has 0 unspecified atom stereocenters. The molecular weight excluding hydrogens is 420 g/mol. The summed E-state index contributed by atoms with van der Waals surface area (Å²) in [6.45, 7) is 3.07. The minimum Gasteiger partial charge on any atom is -0.311 e. The van der Waals surface area contributed by atoms with Crippen molar-refractivity contribution in [3.8, 4) is 6.07 Å². The van der Waals surface area contributed by atoms with Gasteiger partial charge in [0.2, 0.25) is 5.91 Å². The highest BCUT2D eigenvalue weighted by Crippen LogP contribution is 2.21. The average molecular weight is 449 g/mol. The molecule has 0 atom stereocenters.